The van der Waals surface area contributed by atoms with E-state index in [0.29, 0.717) is 42.2 Å². The summed E-state index contributed by atoms with van der Waals surface area (Å²) in [4.78, 5) is 30.3. The molecule has 4 heterocycles. The average molecular weight is 527 g/mol. The van der Waals surface area contributed by atoms with E-state index in [2.05, 4.69) is 4.90 Å². The van der Waals surface area contributed by atoms with Crippen LogP contribution in [0.3, 0.4) is 0 Å². The Morgan fingerprint density at radius 1 is 1.18 bits per heavy atom. The Morgan fingerprint density at radius 2 is 2.00 bits per heavy atom. The van der Waals surface area contributed by atoms with Gasteiger partial charge in [0.25, 0.3) is 5.91 Å². The third-order valence-electron chi connectivity index (χ3n) is 8.55. The molecule has 0 radical (unpaired) electrons. The van der Waals surface area contributed by atoms with E-state index in [4.69, 9.17) is 18.6 Å². The Hall–Kier alpha value is -2.58. The number of fused-ring (bicyclic) bond motifs is 4. The second-order valence-corrected chi connectivity index (χ2v) is 11.8. The topological polar surface area (TPSA) is 81.5 Å². The summed E-state index contributed by atoms with van der Waals surface area (Å²) in [5.74, 6) is 1.58. The van der Waals surface area contributed by atoms with E-state index >= 15 is 0 Å². The van der Waals surface area contributed by atoms with Crippen LogP contribution < -0.4 is 15.1 Å². The molecule has 8 nitrogen and oxygen atoms in total. The fourth-order valence-corrected chi connectivity index (χ4v) is 6.56. The molecule has 3 aliphatic heterocycles. The summed E-state index contributed by atoms with van der Waals surface area (Å²) < 4.78 is 23.5. The summed E-state index contributed by atoms with van der Waals surface area (Å²) in [6.07, 6.45) is 7.67. The fourth-order valence-electron chi connectivity index (χ4n) is 6.56. The molecule has 8 heteroatoms. The summed E-state index contributed by atoms with van der Waals surface area (Å²) in [7, 11) is 1.67. The standard InChI is InChI=1S/C30H42N2O6/c1-20-16-27(34)37-29-22-10-11-30(2,3)38-24(22)17-25(28(20)29)36-19-26(33)32(14-15-35-4)18-21-8-7-13-31-12-6-5-9-23(21)31/h16-17,21,23H,5-15,18-19H2,1-4H3/t21-,23+/m0/s1. The molecule has 1 amide bonds. The Bertz CT molecular complexity index is 1220. The maximum atomic E-state index is 13.6. The number of nitrogens with zero attached hydrogens (tertiary/aromatic N) is 2. The lowest BCUT2D eigenvalue weighted by molar-refractivity contribution is -0.135. The molecule has 0 spiro atoms. The van der Waals surface area contributed by atoms with Crippen molar-refractivity contribution in [3.8, 4) is 11.5 Å². The Labute approximate surface area is 225 Å². The molecular formula is C30H42N2O6. The average Bonchev–Trinajstić information content (AvgIpc) is 2.88. The number of carbonyl (C=O) groups is 1. The highest BCUT2D eigenvalue weighted by molar-refractivity contribution is 5.91. The maximum Gasteiger partial charge on any atom is 0.336 e. The van der Waals surface area contributed by atoms with Crippen molar-refractivity contribution < 1.29 is 23.4 Å². The van der Waals surface area contributed by atoms with E-state index in [0.717, 1.165) is 42.3 Å². The van der Waals surface area contributed by atoms with E-state index < -0.39 is 5.63 Å². The van der Waals surface area contributed by atoms with Crippen LogP contribution in [0.4, 0.5) is 0 Å². The van der Waals surface area contributed by atoms with Crippen LogP contribution in [-0.4, -0.2) is 73.9 Å². The van der Waals surface area contributed by atoms with Crippen LogP contribution in [0.15, 0.2) is 21.3 Å². The van der Waals surface area contributed by atoms with Gasteiger partial charge in [0.1, 0.15) is 22.7 Å². The summed E-state index contributed by atoms with van der Waals surface area (Å²) >= 11 is 0. The third-order valence-corrected chi connectivity index (χ3v) is 8.55. The molecule has 3 aliphatic rings. The van der Waals surface area contributed by atoms with Crippen molar-refractivity contribution in [2.75, 3.05) is 46.5 Å². The van der Waals surface area contributed by atoms with Crippen molar-refractivity contribution in [3.05, 3.63) is 33.7 Å². The number of benzene rings is 1. The van der Waals surface area contributed by atoms with Gasteiger partial charge in [-0.2, -0.15) is 0 Å². The molecule has 0 saturated carbocycles. The highest BCUT2D eigenvalue weighted by Crippen LogP contribution is 2.42. The molecule has 2 fully saturated rings. The van der Waals surface area contributed by atoms with Crippen molar-refractivity contribution in [1.82, 2.24) is 9.80 Å². The molecule has 0 bridgehead atoms. The molecule has 0 unspecified atom stereocenters. The molecular weight excluding hydrogens is 484 g/mol. The summed E-state index contributed by atoms with van der Waals surface area (Å²) in [6, 6.07) is 3.90. The SMILES string of the molecule is COCCN(C[C@@H]1CCCN2CCCC[C@H]12)C(=O)COc1cc2c(c3oc(=O)cc(C)c13)CCC(C)(C)O2. The van der Waals surface area contributed by atoms with Gasteiger partial charge in [0, 0.05) is 43.9 Å². The van der Waals surface area contributed by atoms with Crippen molar-refractivity contribution >= 4 is 16.9 Å². The van der Waals surface area contributed by atoms with Crippen molar-refractivity contribution in [1.29, 1.82) is 0 Å². The molecule has 2 saturated heterocycles. The van der Waals surface area contributed by atoms with Gasteiger partial charge in [0.15, 0.2) is 6.61 Å². The predicted octanol–water partition coefficient (Wildman–Crippen LogP) is 4.32. The van der Waals surface area contributed by atoms with E-state index in [1.54, 1.807) is 7.11 Å². The van der Waals surface area contributed by atoms with Gasteiger partial charge in [-0.15, -0.1) is 0 Å². The lowest BCUT2D eigenvalue weighted by Crippen LogP contribution is -2.52. The van der Waals surface area contributed by atoms with Crippen molar-refractivity contribution in [3.63, 3.8) is 0 Å². The summed E-state index contributed by atoms with van der Waals surface area (Å²) in [6.45, 7) is 9.97. The van der Waals surface area contributed by atoms with Crippen LogP contribution in [0.2, 0.25) is 0 Å². The lowest BCUT2D eigenvalue weighted by atomic mass is 9.83. The number of amides is 1. The highest BCUT2D eigenvalue weighted by Gasteiger charge is 2.35. The maximum absolute atomic E-state index is 13.6. The number of ether oxygens (including phenoxy) is 3. The zero-order chi connectivity index (χ0) is 26.9. The fraction of sp³-hybridized carbons (Fsp3) is 0.667. The number of piperidine rings is 2. The lowest BCUT2D eigenvalue weighted by Gasteiger charge is -2.45. The largest absolute Gasteiger partial charge is 0.487 e. The van der Waals surface area contributed by atoms with Gasteiger partial charge in [-0.05, 0) is 83.9 Å². The zero-order valence-corrected chi connectivity index (χ0v) is 23.3. The number of rotatable bonds is 8. The normalized spacial score (nSPS) is 22.8. The summed E-state index contributed by atoms with van der Waals surface area (Å²) in [5, 5.41) is 0.730. The molecule has 38 heavy (non-hydrogen) atoms. The number of carbonyl (C=O) groups excluding carboxylic acids is 1. The van der Waals surface area contributed by atoms with Gasteiger partial charge in [0.05, 0.1) is 12.0 Å². The quantitative estimate of drug-likeness (QED) is 0.474. The van der Waals surface area contributed by atoms with Crippen molar-refractivity contribution in [2.24, 2.45) is 5.92 Å². The second-order valence-electron chi connectivity index (χ2n) is 11.8. The minimum atomic E-state index is -0.398. The number of hydrogen-bond acceptors (Lipinski definition) is 7. The molecule has 1 aromatic carbocycles. The molecule has 0 aliphatic carbocycles. The first-order valence-corrected chi connectivity index (χ1v) is 14.2. The number of methoxy groups -OCH3 is 1. The number of aryl methyl sites for hydroxylation is 2. The zero-order valence-electron chi connectivity index (χ0n) is 23.3. The first kappa shape index (κ1) is 27.0. The van der Waals surface area contributed by atoms with E-state index in [9.17, 15) is 9.59 Å². The summed E-state index contributed by atoms with van der Waals surface area (Å²) in [5.41, 5.74) is 1.42. The van der Waals surface area contributed by atoms with Crippen LogP contribution in [0.25, 0.3) is 11.0 Å². The predicted molar refractivity (Wildman–Crippen MR) is 146 cm³/mol. The van der Waals surface area contributed by atoms with Crippen LogP contribution in [-0.2, 0) is 16.0 Å². The monoisotopic (exact) mass is 526 g/mol. The molecule has 0 N–H and O–H groups in total. The van der Waals surface area contributed by atoms with Crippen LogP contribution in [0.1, 0.15) is 63.5 Å². The van der Waals surface area contributed by atoms with E-state index in [1.807, 2.05) is 31.7 Å². The Morgan fingerprint density at radius 3 is 2.82 bits per heavy atom. The highest BCUT2D eigenvalue weighted by atomic mass is 16.5. The minimum Gasteiger partial charge on any atom is -0.487 e. The first-order valence-electron chi connectivity index (χ1n) is 14.2. The van der Waals surface area contributed by atoms with Crippen molar-refractivity contribution in [2.45, 2.75) is 77.4 Å². The van der Waals surface area contributed by atoms with Gasteiger partial charge in [-0.25, -0.2) is 4.79 Å². The minimum absolute atomic E-state index is 0.0582. The smallest absolute Gasteiger partial charge is 0.336 e. The Kier molecular flexibility index (Phi) is 8.00. The second kappa shape index (κ2) is 11.3. The van der Waals surface area contributed by atoms with Gasteiger partial charge >= 0.3 is 5.63 Å². The van der Waals surface area contributed by atoms with E-state index in [-0.39, 0.29) is 18.1 Å². The van der Waals surface area contributed by atoms with Gasteiger partial charge < -0.3 is 28.4 Å². The molecule has 1 aromatic heterocycles. The molecule has 5 rings (SSSR count). The van der Waals surface area contributed by atoms with Gasteiger partial charge in [-0.3, -0.25) is 4.79 Å². The third kappa shape index (κ3) is 5.71. The molecule has 2 atom stereocenters. The van der Waals surface area contributed by atoms with Crippen LogP contribution >= 0.6 is 0 Å². The molecule has 208 valence electrons. The van der Waals surface area contributed by atoms with Gasteiger partial charge in [-0.1, -0.05) is 6.42 Å². The molecule has 2 aromatic rings. The van der Waals surface area contributed by atoms with Crippen LogP contribution in [0.5, 0.6) is 11.5 Å². The number of hydrogen-bond donors (Lipinski definition) is 0. The first-order chi connectivity index (χ1) is 18.3. The Balaban J connectivity index is 1.37. The van der Waals surface area contributed by atoms with E-state index in [1.165, 1.54) is 44.8 Å². The van der Waals surface area contributed by atoms with Gasteiger partial charge in [0.2, 0.25) is 0 Å². The van der Waals surface area contributed by atoms with Crippen LogP contribution in [0, 0.1) is 12.8 Å².